The molecule has 0 amide bonds. The van der Waals surface area contributed by atoms with Crippen molar-refractivity contribution in [3.63, 3.8) is 0 Å². The number of para-hydroxylation sites is 1. The van der Waals surface area contributed by atoms with Crippen molar-refractivity contribution in [2.75, 3.05) is 0 Å². The molecule has 1 unspecified atom stereocenters. The molecular formula is C16H17ClO2. The number of hydrogen-bond donors (Lipinski definition) is 1. The maximum Gasteiger partial charge on any atom is 0.125 e. The lowest BCUT2D eigenvalue weighted by Gasteiger charge is -2.19. The zero-order valence-electron chi connectivity index (χ0n) is 11.0. The minimum Gasteiger partial charge on any atom is -0.491 e. The summed E-state index contributed by atoms with van der Waals surface area (Å²) in [4.78, 5) is 0. The van der Waals surface area contributed by atoms with Crippen LogP contribution < -0.4 is 4.74 Å². The molecule has 0 saturated carbocycles. The van der Waals surface area contributed by atoms with Crippen LogP contribution in [-0.2, 0) is 0 Å². The van der Waals surface area contributed by atoms with Gasteiger partial charge in [0.1, 0.15) is 11.9 Å². The predicted molar refractivity (Wildman–Crippen MR) is 77.7 cm³/mol. The van der Waals surface area contributed by atoms with E-state index < -0.39 is 6.10 Å². The minimum absolute atomic E-state index is 0.0552. The molecule has 3 heteroatoms. The van der Waals surface area contributed by atoms with Gasteiger partial charge in [0.05, 0.1) is 6.10 Å². The van der Waals surface area contributed by atoms with Gasteiger partial charge in [0.15, 0.2) is 0 Å². The molecule has 2 rings (SSSR count). The fourth-order valence-corrected chi connectivity index (χ4v) is 2.17. The maximum atomic E-state index is 10.5. The lowest BCUT2D eigenvalue weighted by atomic mass is 10.0. The molecule has 0 heterocycles. The van der Waals surface area contributed by atoms with Crippen molar-refractivity contribution < 1.29 is 9.84 Å². The topological polar surface area (TPSA) is 29.5 Å². The summed E-state index contributed by atoms with van der Waals surface area (Å²) in [5.74, 6) is 0.685. The van der Waals surface area contributed by atoms with E-state index >= 15 is 0 Å². The largest absolute Gasteiger partial charge is 0.491 e. The summed E-state index contributed by atoms with van der Waals surface area (Å²) in [5.41, 5.74) is 1.41. The summed E-state index contributed by atoms with van der Waals surface area (Å²) in [6, 6.07) is 14.8. The third-order valence-electron chi connectivity index (χ3n) is 2.78. The SMILES string of the molecule is CC(C)Oc1ccccc1C(O)c1ccccc1Cl. The second kappa shape index (κ2) is 6.09. The van der Waals surface area contributed by atoms with Crippen LogP contribution in [0.15, 0.2) is 48.5 Å². The van der Waals surface area contributed by atoms with Crippen LogP contribution in [-0.4, -0.2) is 11.2 Å². The van der Waals surface area contributed by atoms with Crippen molar-refractivity contribution in [2.24, 2.45) is 0 Å². The van der Waals surface area contributed by atoms with Crippen LogP contribution in [0.3, 0.4) is 0 Å². The first-order valence-corrected chi connectivity index (χ1v) is 6.65. The first-order chi connectivity index (χ1) is 9.09. The first-order valence-electron chi connectivity index (χ1n) is 6.27. The van der Waals surface area contributed by atoms with Crippen molar-refractivity contribution in [2.45, 2.75) is 26.1 Å². The first kappa shape index (κ1) is 13.9. The number of ether oxygens (including phenoxy) is 1. The van der Waals surface area contributed by atoms with Gasteiger partial charge >= 0.3 is 0 Å². The molecule has 2 aromatic carbocycles. The van der Waals surface area contributed by atoms with Crippen LogP contribution in [0.5, 0.6) is 5.75 Å². The highest BCUT2D eigenvalue weighted by Gasteiger charge is 2.17. The smallest absolute Gasteiger partial charge is 0.125 e. The molecule has 2 nitrogen and oxygen atoms in total. The monoisotopic (exact) mass is 276 g/mol. The maximum absolute atomic E-state index is 10.5. The highest BCUT2D eigenvalue weighted by molar-refractivity contribution is 6.31. The number of halogens is 1. The average molecular weight is 277 g/mol. The van der Waals surface area contributed by atoms with E-state index in [2.05, 4.69) is 0 Å². The van der Waals surface area contributed by atoms with Gasteiger partial charge in [-0.25, -0.2) is 0 Å². The van der Waals surface area contributed by atoms with E-state index in [0.717, 1.165) is 5.56 Å². The Balaban J connectivity index is 2.39. The van der Waals surface area contributed by atoms with Gasteiger partial charge in [0.2, 0.25) is 0 Å². The summed E-state index contributed by atoms with van der Waals surface area (Å²) < 4.78 is 5.72. The van der Waals surface area contributed by atoms with Gasteiger partial charge in [-0.05, 0) is 26.0 Å². The van der Waals surface area contributed by atoms with Crippen LogP contribution in [0.4, 0.5) is 0 Å². The van der Waals surface area contributed by atoms with Gasteiger partial charge < -0.3 is 9.84 Å². The molecule has 0 spiro atoms. The Morgan fingerprint density at radius 3 is 2.16 bits per heavy atom. The average Bonchev–Trinajstić information content (AvgIpc) is 2.38. The molecule has 0 aliphatic carbocycles. The minimum atomic E-state index is -0.788. The third kappa shape index (κ3) is 3.28. The van der Waals surface area contributed by atoms with Gasteiger partial charge in [0.25, 0.3) is 0 Å². The zero-order valence-corrected chi connectivity index (χ0v) is 11.8. The van der Waals surface area contributed by atoms with Gasteiger partial charge in [-0.15, -0.1) is 0 Å². The van der Waals surface area contributed by atoms with E-state index in [4.69, 9.17) is 16.3 Å². The molecule has 0 saturated heterocycles. The molecule has 0 aliphatic heterocycles. The summed E-state index contributed by atoms with van der Waals surface area (Å²) in [6.45, 7) is 3.91. The Morgan fingerprint density at radius 1 is 0.947 bits per heavy atom. The Labute approximate surface area is 118 Å². The lowest BCUT2D eigenvalue weighted by Crippen LogP contribution is -2.10. The van der Waals surface area contributed by atoms with E-state index in [1.54, 1.807) is 6.07 Å². The van der Waals surface area contributed by atoms with Gasteiger partial charge in [-0.1, -0.05) is 48.0 Å². The van der Waals surface area contributed by atoms with Gasteiger partial charge in [0, 0.05) is 16.1 Å². The Morgan fingerprint density at radius 2 is 1.53 bits per heavy atom. The van der Waals surface area contributed by atoms with Crippen molar-refractivity contribution in [3.05, 3.63) is 64.7 Å². The van der Waals surface area contributed by atoms with E-state index in [9.17, 15) is 5.11 Å². The van der Waals surface area contributed by atoms with E-state index in [1.807, 2.05) is 56.3 Å². The van der Waals surface area contributed by atoms with Crippen molar-refractivity contribution in [1.82, 2.24) is 0 Å². The van der Waals surface area contributed by atoms with Crippen LogP contribution in [0.2, 0.25) is 5.02 Å². The molecular weight excluding hydrogens is 260 g/mol. The van der Waals surface area contributed by atoms with E-state index in [1.165, 1.54) is 0 Å². The number of rotatable bonds is 4. The number of aliphatic hydroxyl groups excluding tert-OH is 1. The highest BCUT2D eigenvalue weighted by Crippen LogP contribution is 2.33. The molecule has 1 N–H and O–H groups in total. The van der Waals surface area contributed by atoms with Crippen LogP contribution in [0.25, 0.3) is 0 Å². The Kier molecular flexibility index (Phi) is 4.46. The fraction of sp³-hybridized carbons (Fsp3) is 0.250. The molecule has 1 atom stereocenters. The molecule has 0 bridgehead atoms. The second-order valence-electron chi connectivity index (χ2n) is 4.63. The second-order valence-corrected chi connectivity index (χ2v) is 5.04. The molecule has 19 heavy (non-hydrogen) atoms. The Hall–Kier alpha value is -1.51. The molecule has 0 aromatic heterocycles. The lowest BCUT2D eigenvalue weighted by molar-refractivity contribution is 0.198. The van der Waals surface area contributed by atoms with Crippen molar-refractivity contribution in [1.29, 1.82) is 0 Å². The Bertz CT molecular complexity index is 552. The normalized spacial score (nSPS) is 12.5. The van der Waals surface area contributed by atoms with Crippen LogP contribution in [0, 0.1) is 0 Å². The van der Waals surface area contributed by atoms with E-state index in [-0.39, 0.29) is 6.10 Å². The molecule has 2 aromatic rings. The van der Waals surface area contributed by atoms with Crippen LogP contribution >= 0.6 is 11.6 Å². The quantitative estimate of drug-likeness (QED) is 0.906. The fourth-order valence-electron chi connectivity index (χ4n) is 1.93. The molecule has 0 aliphatic rings. The van der Waals surface area contributed by atoms with Gasteiger partial charge in [-0.2, -0.15) is 0 Å². The van der Waals surface area contributed by atoms with E-state index in [0.29, 0.717) is 16.3 Å². The number of aliphatic hydroxyl groups is 1. The van der Waals surface area contributed by atoms with Crippen molar-refractivity contribution >= 4 is 11.6 Å². The third-order valence-corrected chi connectivity index (χ3v) is 3.12. The van der Waals surface area contributed by atoms with Gasteiger partial charge in [-0.3, -0.25) is 0 Å². The molecule has 0 radical (unpaired) electrons. The summed E-state index contributed by atoms with van der Waals surface area (Å²) in [5, 5.41) is 11.1. The number of hydrogen-bond acceptors (Lipinski definition) is 2. The summed E-state index contributed by atoms with van der Waals surface area (Å²) in [7, 11) is 0. The molecule has 0 fully saturated rings. The summed E-state index contributed by atoms with van der Waals surface area (Å²) in [6.07, 6.45) is -0.733. The number of benzene rings is 2. The predicted octanol–water partition coefficient (Wildman–Crippen LogP) is 4.21. The molecule has 100 valence electrons. The standard InChI is InChI=1S/C16H17ClO2/c1-11(2)19-15-10-6-4-8-13(15)16(18)12-7-3-5-9-14(12)17/h3-11,16,18H,1-2H3. The summed E-state index contributed by atoms with van der Waals surface area (Å²) >= 11 is 6.13. The zero-order chi connectivity index (χ0) is 13.8. The van der Waals surface area contributed by atoms with Crippen LogP contribution in [0.1, 0.15) is 31.1 Å². The van der Waals surface area contributed by atoms with Crippen molar-refractivity contribution in [3.8, 4) is 5.75 Å². The highest BCUT2D eigenvalue weighted by atomic mass is 35.5.